The van der Waals surface area contributed by atoms with E-state index in [9.17, 15) is 9.59 Å². The van der Waals surface area contributed by atoms with E-state index in [1.165, 1.54) is 0 Å². The molecule has 0 saturated heterocycles. The number of amides is 2. The molecule has 0 bridgehead atoms. The van der Waals surface area contributed by atoms with E-state index >= 15 is 0 Å². The van der Waals surface area contributed by atoms with Crippen molar-refractivity contribution in [2.75, 3.05) is 6.54 Å². The third-order valence-electron chi connectivity index (χ3n) is 2.72. The van der Waals surface area contributed by atoms with Gasteiger partial charge in [0.2, 0.25) is 5.91 Å². The number of rotatable bonds is 5. The van der Waals surface area contributed by atoms with E-state index in [4.69, 9.17) is 4.74 Å². The lowest BCUT2D eigenvalue weighted by Gasteiger charge is -2.22. The molecular formula is C13H24N2O3. The third kappa shape index (κ3) is 5.89. The second-order valence-corrected chi connectivity index (χ2v) is 5.75. The lowest BCUT2D eigenvalue weighted by atomic mass is 10.2. The molecule has 0 aliphatic heterocycles. The first-order valence-electron chi connectivity index (χ1n) is 6.58. The van der Waals surface area contributed by atoms with Gasteiger partial charge in [-0.2, -0.15) is 0 Å². The van der Waals surface area contributed by atoms with Crippen molar-refractivity contribution >= 4 is 12.0 Å². The van der Waals surface area contributed by atoms with Crippen LogP contribution in [0.2, 0.25) is 0 Å². The van der Waals surface area contributed by atoms with E-state index in [1.54, 1.807) is 0 Å². The second kappa shape index (κ2) is 6.07. The Morgan fingerprint density at radius 1 is 1.33 bits per heavy atom. The first kappa shape index (κ1) is 14.8. The number of hydrogen-bond donors (Lipinski definition) is 2. The lowest BCUT2D eigenvalue weighted by molar-refractivity contribution is -0.121. The highest BCUT2D eigenvalue weighted by molar-refractivity contribution is 5.76. The van der Waals surface area contributed by atoms with Crippen LogP contribution < -0.4 is 10.6 Å². The number of ether oxygens (including phenoxy) is 1. The van der Waals surface area contributed by atoms with Crippen LogP contribution in [-0.2, 0) is 9.53 Å². The predicted molar refractivity (Wildman–Crippen MR) is 69.2 cm³/mol. The standard InChI is InChI=1S/C13H24N2O3/c1-5-11(16)15-10(9-6-7-9)8-14-12(17)18-13(2,3)4/h9-10H,5-8H2,1-4H3,(H,14,17)(H,15,16)/t10-/m1/s1. The number of alkyl carbamates (subject to hydrolysis) is 1. The molecule has 1 aliphatic carbocycles. The Kier molecular flexibility index (Phi) is 4.99. The largest absolute Gasteiger partial charge is 0.444 e. The van der Waals surface area contributed by atoms with Gasteiger partial charge in [-0.15, -0.1) is 0 Å². The fourth-order valence-electron chi connectivity index (χ4n) is 1.65. The molecule has 18 heavy (non-hydrogen) atoms. The predicted octanol–water partition coefficient (Wildman–Crippen LogP) is 1.82. The van der Waals surface area contributed by atoms with Crippen LogP contribution in [0.5, 0.6) is 0 Å². The van der Waals surface area contributed by atoms with Gasteiger partial charge in [-0.05, 0) is 39.5 Å². The summed E-state index contributed by atoms with van der Waals surface area (Å²) >= 11 is 0. The molecule has 0 unspecified atom stereocenters. The summed E-state index contributed by atoms with van der Waals surface area (Å²) < 4.78 is 5.16. The Labute approximate surface area is 109 Å². The van der Waals surface area contributed by atoms with Crippen molar-refractivity contribution in [2.45, 2.75) is 58.6 Å². The van der Waals surface area contributed by atoms with Crippen molar-refractivity contribution in [1.82, 2.24) is 10.6 Å². The quantitative estimate of drug-likeness (QED) is 0.788. The maximum Gasteiger partial charge on any atom is 0.407 e. The molecule has 0 aromatic heterocycles. The zero-order valence-electron chi connectivity index (χ0n) is 11.7. The zero-order chi connectivity index (χ0) is 13.8. The Balaban J connectivity index is 2.33. The Morgan fingerprint density at radius 3 is 2.39 bits per heavy atom. The minimum Gasteiger partial charge on any atom is -0.444 e. The van der Waals surface area contributed by atoms with Gasteiger partial charge in [0.05, 0.1) is 0 Å². The van der Waals surface area contributed by atoms with Gasteiger partial charge in [0.15, 0.2) is 0 Å². The first-order valence-corrected chi connectivity index (χ1v) is 6.58. The summed E-state index contributed by atoms with van der Waals surface area (Å²) in [6.45, 7) is 7.73. The van der Waals surface area contributed by atoms with E-state index in [-0.39, 0.29) is 11.9 Å². The molecule has 0 aromatic carbocycles. The van der Waals surface area contributed by atoms with Gasteiger partial charge in [0, 0.05) is 19.0 Å². The van der Waals surface area contributed by atoms with Crippen LogP contribution in [0, 0.1) is 5.92 Å². The summed E-state index contributed by atoms with van der Waals surface area (Å²) in [5.41, 5.74) is -0.494. The van der Waals surface area contributed by atoms with Crippen molar-refractivity contribution in [2.24, 2.45) is 5.92 Å². The second-order valence-electron chi connectivity index (χ2n) is 5.75. The maximum absolute atomic E-state index is 11.5. The molecule has 1 atom stereocenters. The van der Waals surface area contributed by atoms with Crippen LogP contribution in [0.1, 0.15) is 47.0 Å². The Morgan fingerprint density at radius 2 is 1.94 bits per heavy atom. The summed E-state index contributed by atoms with van der Waals surface area (Å²) in [7, 11) is 0. The summed E-state index contributed by atoms with van der Waals surface area (Å²) in [5, 5.41) is 5.65. The monoisotopic (exact) mass is 256 g/mol. The maximum atomic E-state index is 11.5. The summed E-state index contributed by atoms with van der Waals surface area (Å²) in [6.07, 6.45) is 2.27. The van der Waals surface area contributed by atoms with E-state index in [2.05, 4.69) is 10.6 Å². The molecular weight excluding hydrogens is 232 g/mol. The van der Waals surface area contributed by atoms with E-state index < -0.39 is 11.7 Å². The zero-order valence-corrected chi connectivity index (χ0v) is 11.7. The molecule has 1 fully saturated rings. The number of carbonyl (C=O) groups excluding carboxylic acids is 2. The highest BCUT2D eigenvalue weighted by atomic mass is 16.6. The minimum atomic E-state index is -0.494. The topological polar surface area (TPSA) is 67.4 Å². The van der Waals surface area contributed by atoms with Gasteiger partial charge in [-0.25, -0.2) is 4.79 Å². The summed E-state index contributed by atoms with van der Waals surface area (Å²) in [4.78, 5) is 22.9. The number of hydrogen-bond acceptors (Lipinski definition) is 3. The molecule has 2 N–H and O–H groups in total. The SMILES string of the molecule is CCC(=O)N[C@H](CNC(=O)OC(C)(C)C)C1CC1. The first-order chi connectivity index (χ1) is 8.31. The molecule has 1 saturated carbocycles. The average Bonchev–Trinajstić information content (AvgIpc) is 3.04. The van der Waals surface area contributed by atoms with Crippen molar-refractivity contribution in [1.29, 1.82) is 0 Å². The summed E-state index contributed by atoms with van der Waals surface area (Å²) in [5.74, 6) is 0.522. The molecule has 1 rings (SSSR count). The lowest BCUT2D eigenvalue weighted by Crippen LogP contribution is -2.45. The van der Waals surface area contributed by atoms with E-state index in [0.717, 1.165) is 12.8 Å². The smallest absolute Gasteiger partial charge is 0.407 e. The molecule has 2 amide bonds. The number of carbonyl (C=O) groups is 2. The average molecular weight is 256 g/mol. The fraction of sp³-hybridized carbons (Fsp3) is 0.846. The molecule has 1 aliphatic rings. The highest BCUT2D eigenvalue weighted by Gasteiger charge is 2.32. The van der Waals surface area contributed by atoms with Gasteiger partial charge in [0.1, 0.15) is 5.60 Å². The van der Waals surface area contributed by atoms with Crippen LogP contribution >= 0.6 is 0 Å². The molecule has 104 valence electrons. The molecule has 0 spiro atoms. The van der Waals surface area contributed by atoms with Gasteiger partial charge in [-0.3, -0.25) is 4.79 Å². The number of nitrogens with one attached hydrogen (secondary N) is 2. The van der Waals surface area contributed by atoms with Crippen molar-refractivity contribution in [3.05, 3.63) is 0 Å². The molecule has 5 nitrogen and oxygen atoms in total. The van der Waals surface area contributed by atoms with Crippen LogP contribution in [-0.4, -0.2) is 30.2 Å². The van der Waals surface area contributed by atoms with Gasteiger partial charge in [-0.1, -0.05) is 6.92 Å². The normalized spacial score (nSPS) is 16.9. The van der Waals surface area contributed by atoms with Crippen molar-refractivity contribution in [3.63, 3.8) is 0 Å². The molecule has 0 heterocycles. The highest BCUT2D eigenvalue weighted by Crippen LogP contribution is 2.32. The Hall–Kier alpha value is -1.26. The van der Waals surface area contributed by atoms with Crippen LogP contribution in [0.15, 0.2) is 0 Å². The molecule has 5 heteroatoms. The van der Waals surface area contributed by atoms with Crippen LogP contribution in [0.4, 0.5) is 4.79 Å². The van der Waals surface area contributed by atoms with E-state index in [1.807, 2.05) is 27.7 Å². The summed E-state index contributed by atoms with van der Waals surface area (Å²) in [6, 6.07) is 0.0324. The van der Waals surface area contributed by atoms with Gasteiger partial charge >= 0.3 is 6.09 Å². The molecule has 0 radical (unpaired) electrons. The van der Waals surface area contributed by atoms with E-state index in [0.29, 0.717) is 18.9 Å². The fourth-order valence-corrected chi connectivity index (χ4v) is 1.65. The Bertz CT molecular complexity index is 306. The van der Waals surface area contributed by atoms with Crippen molar-refractivity contribution < 1.29 is 14.3 Å². The van der Waals surface area contributed by atoms with Crippen molar-refractivity contribution in [3.8, 4) is 0 Å². The molecule has 0 aromatic rings. The van der Waals surface area contributed by atoms with Gasteiger partial charge in [0.25, 0.3) is 0 Å². The minimum absolute atomic E-state index is 0.0258. The van der Waals surface area contributed by atoms with Crippen LogP contribution in [0.3, 0.4) is 0 Å². The van der Waals surface area contributed by atoms with Gasteiger partial charge < -0.3 is 15.4 Å². The van der Waals surface area contributed by atoms with Crippen LogP contribution in [0.25, 0.3) is 0 Å². The third-order valence-corrected chi connectivity index (χ3v) is 2.72.